The number of rotatable bonds is 36. The van der Waals surface area contributed by atoms with Crippen molar-refractivity contribution in [2.24, 2.45) is 35.1 Å². The molecule has 1 fully saturated rings. The first-order chi connectivity index (χ1) is 38.4. The van der Waals surface area contributed by atoms with Crippen molar-refractivity contribution in [2.45, 2.75) is 186 Å². The van der Waals surface area contributed by atoms with E-state index in [1.165, 1.54) is 0 Å². The van der Waals surface area contributed by atoms with E-state index in [2.05, 4.69) is 42.5 Å². The summed E-state index contributed by atoms with van der Waals surface area (Å²) in [5.41, 5.74) is 11.6. The minimum Gasteiger partial charge on any atom is -0.481 e. The van der Waals surface area contributed by atoms with Gasteiger partial charge >= 0.3 is 17.9 Å². The Labute approximate surface area is 476 Å². The van der Waals surface area contributed by atoms with Crippen molar-refractivity contribution < 1.29 is 82.8 Å². The molecule has 1 aliphatic heterocycles. The summed E-state index contributed by atoms with van der Waals surface area (Å²) >= 11 is 0. The van der Waals surface area contributed by atoms with Crippen LogP contribution in [0.2, 0.25) is 0 Å². The predicted octanol–water partition coefficient (Wildman–Crippen LogP) is -2.10. The van der Waals surface area contributed by atoms with Crippen LogP contribution in [-0.2, 0) is 68.7 Å². The minimum absolute atomic E-state index is 0.00274. The highest BCUT2D eigenvalue weighted by Gasteiger charge is 2.42. The fraction of sp³-hybridized carbons (Fsp3) is 0.648. The first-order valence-electron chi connectivity index (χ1n) is 27.5. The van der Waals surface area contributed by atoms with E-state index < -0.39 is 182 Å². The molecule has 0 unspecified atom stereocenters. The monoisotopic (exact) mass is 1160 g/mol. The van der Waals surface area contributed by atoms with Crippen LogP contribution in [0.5, 0.6) is 0 Å². The van der Waals surface area contributed by atoms with E-state index in [-0.39, 0.29) is 50.5 Å². The number of hydrogen-bond donors (Lipinski definition) is 14. The van der Waals surface area contributed by atoms with E-state index in [1.807, 2.05) is 0 Å². The van der Waals surface area contributed by atoms with E-state index >= 15 is 0 Å². The zero-order chi connectivity index (χ0) is 62.1. The summed E-state index contributed by atoms with van der Waals surface area (Å²) in [5.74, 6) is -14.7. The second kappa shape index (κ2) is 34.5. The first-order valence-corrected chi connectivity index (χ1v) is 27.5. The number of carboxylic acid groups (broad SMARTS) is 3. The van der Waals surface area contributed by atoms with Gasteiger partial charge in [-0.15, -0.1) is 0 Å². The molecule has 28 heteroatoms. The maximum atomic E-state index is 14.3. The Morgan fingerprint density at radius 1 is 0.585 bits per heavy atom. The summed E-state index contributed by atoms with van der Waals surface area (Å²) in [4.78, 5) is 172. The number of aliphatic hydroxyl groups is 1. The lowest BCUT2D eigenvalue weighted by Crippen LogP contribution is -2.62. The van der Waals surface area contributed by atoms with Crippen molar-refractivity contribution in [1.82, 2.24) is 47.4 Å². The smallest absolute Gasteiger partial charge is 0.326 e. The second-order valence-electron chi connectivity index (χ2n) is 21.8. The fourth-order valence-corrected chi connectivity index (χ4v) is 8.86. The molecule has 2 rings (SSSR count). The van der Waals surface area contributed by atoms with Crippen LogP contribution >= 0.6 is 0 Å². The lowest BCUT2D eigenvalue weighted by Gasteiger charge is -2.32. The molecular formula is C54H85N11O17. The Hall–Kier alpha value is -7.75. The third-order valence-corrected chi connectivity index (χ3v) is 13.6. The standard InChI is InChI=1S/C54H85N11O17/c1-9-30(8)44(64-45(72)32(55)17-19-41(68)69)52(79)57-33(18-20-42(70)71)53(80)65-21-13-16-39(65)50(77)63-43(29(6)7)51(78)60-35(23-28(4)5)47(74)62-38(26-66)49(76)59-36(24-31-14-11-10-12-15-31)48(75)58-34(22-27(2)3)46(73)61-37(54(81)82)25-40(56)67/h10-12,14-15,27-30,32-39,43-44,66H,9,13,16-26,55H2,1-8H3,(H2,56,67)(H,57,79)(H,58,75)(H,59,76)(H,60,78)(H,61,73)(H,62,74)(H,63,77)(H,64,72)(H,68,69)(H,70,71)(H,81,82)/t30-,32-,33-,34-,35-,36-,37-,38-,39-,43-,44-/m0/s1. The summed E-state index contributed by atoms with van der Waals surface area (Å²) in [6.45, 7) is 12.5. The van der Waals surface area contributed by atoms with Gasteiger partial charge in [0.25, 0.3) is 0 Å². The molecule has 1 aromatic rings. The van der Waals surface area contributed by atoms with Gasteiger partial charge in [0.15, 0.2) is 0 Å². The van der Waals surface area contributed by atoms with Gasteiger partial charge in [0.2, 0.25) is 59.1 Å². The highest BCUT2D eigenvalue weighted by molar-refractivity contribution is 5.99. The van der Waals surface area contributed by atoms with Crippen LogP contribution in [0, 0.1) is 23.7 Å². The van der Waals surface area contributed by atoms with Crippen LogP contribution in [0.1, 0.15) is 125 Å². The van der Waals surface area contributed by atoms with E-state index in [0.717, 1.165) is 4.90 Å². The van der Waals surface area contributed by atoms with Gasteiger partial charge in [-0.25, -0.2) is 4.79 Å². The van der Waals surface area contributed by atoms with Crippen molar-refractivity contribution in [3.8, 4) is 0 Å². The summed E-state index contributed by atoms with van der Waals surface area (Å²) in [6.07, 6.45) is -1.84. The molecule has 1 aliphatic rings. The Morgan fingerprint density at radius 2 is 1.06 bits per heavy atom. The van der Waals surface area contributed by atoms with Crippen molar-refractivity contribution in [1.29, 1.82) is 0 Å². The number of carbonyl (C=O) groups is 13. The second-order valence-corrected chi connectivity index (χ2v) is 21.8. The van der Waals surface area contributed by atoms with Gasteiger partial charge in [-0.05, 0) is 67.8 Å². The summed E-state index contributed by atoms with van der Waals surface area (Å²) in [7, 11) is 0. The normalized spacial score (nSPS) is 16.8. The average molecular weight is 1160 g/mol. The molecule has 82 heavy (non-hydrogen) atoms. The molecule has 11 atom stereocenters. The number of nitrogens with one attached hydrogen (secondary N) is 8. The number of hydrogen-bond acceptors (Lipinski definition) is 15. The molecule has 1 aromatic carbocycles. The number of amides is 10. The number of carbonyl (C=O) groups excluding carboxylic acids is 10. The van der Waals surface area contributed by atoms with Crippen LogP contribution in [0.3, 0.4) is 0 Å². The van der Waals surface area contributed by atoms with E-state index in [9.17, 15) is 77.6 Å². The van der Waals surface area contributed by atoms with Crippen molar-refractivity contribution in [3.05, 3.63) is 35.9 Å². The van der Waals surface area contributed by atoms with Crippen LogP contribution < -0.4 is 54.0 Å². The van der Waals surface area contributed by atoms with E-state index in [4.69, 9.17) is 16.6 Å². The van der Waals surface area contributed by atoms with Crippen LogP contribution in [0.25, 0.3) is 0 Å². The number of likely N-dealkylation sites (tertiary alicyclic amines) is 1. The molecule has 0 radical (unpaired) electrons. The number of aliphatic hydroxyl groups excluding tert-OH is 1. The summed E-state index contributed by atoms with van der Waals surface area (Å²) in [5, 5.41) is 58.7. The Bertz CT molecular complexity index is 2410. The fourth-order valence-electron chi connectivity index (χ4n) is 8.86. The number of carboxylic acids is 3. The predicted molar refractivity (Wildman–Crippen MR) is 294 cm³/mol. The van der Waals surface area contributed by atoms with Gasteiger partial charge in [0.05, 0.1) is 19.1 Å². The third-order valence-electron chi connectivity index (χ3n) is 13.6. The van der Waals surface area contributed by atoms with Crippen molar-refractivity contribution in [3.63, 3.8) is 0 Å². The summed E-state index contributed by atoms with van der Waals surface area (Å²) in [6, 6.07) is -5.93. The van der Waals surface area contributed by atoms with E-state index in [0.29, 0.717) is 18.4 Å². The number of aliphatic carboxylic acids is 3. The molecule has 0 aromatic heterocycles. The number of nitrogens with zero attached hydrogens (tertiary/aromatic N) is 1. The topological polar surface area (TPSA) is 454 Å². The zero-order valence-electron chi connectivity index (χ0n) is 47.9. The Balaban J connectivity index is 2.36. The molecule has 0 aliphatic carbocycles. The van der Waals surface area contributed by atoms with Gasteiger partial charge in [0.1, 0.15) is 54.4 Å². The van der Waals surface area contributed by atoms with Gasteiger partial charge < -0.3 is 79.3 Å². The van der Waals surface area contributed by atoms with Crippen molar-refractivity contribution >= 4 is 77.0 Å². The number of primary amides is 1. The highest BCUT2D eigenvalue weighted by Crippen LogP contribution is 2.22. The maximum Gasteiger partial charge on any atom is 0.326 e. The molecule has 458 valence electrons. The van der Waals surface area contributed by atoms with Crippen LogP contribution in [0.4, 0.5) is 0 Å². The average Bonchev–Trinajstić information content (AvgIpc) is 4.09. The van der Waals surface area contributed by atoms with Crippen LogP contribution in [0.15, 0.2) is 30.3 Å². The summed E-state index contributed by atoms with van der Waals surface area (Å²) < 4.78 is 0. The SMILES string of the molecule is CC[C@H](C)[C@H](NC(=O)[C@@H](N)CCC(=O)O)C(=O)N[C@@H](CCC(=O)O)C(=O)N1CCC[C@H]1C(=O)N[C@H](C(=O)N[C@@H](CC(C)C)C(=O)N[C@@H](CO)C(=O)N[C@@H](Cc1ccccc1)C(=O)N[C@@H](CC(C)C)C(=O)N[C@@H](CC(N)=O)C(=O)O)C(C)C. The molecule has 16 N–H and O–H groups in total. The van der Waals surface area contributed by atoms with Crippen LogP contribution in [-0.4, -0.2) is 176 Å². The van der Waals surface area contributed by atoms with E-state index in [1.54, 1.807) is 85.7 Å². The van der Waals surface area contributed by atoms with Gasteiger partial charge in [-0.3, -0.25) is 57.5 Å². The molecule has 10 amide bonds. The maximum absolute atomic E-state index is 14.3. The molecule has 28 nitrogen and oxygen atoms in total. The lowest BCUT2D eigenvalue weighted by molar-refractivity contribution is -0.144. The molecular weight excluding hydrogens is 1070 g/mol. The molecule has 0 bridgehead atoms. The molecule has 1 heterocycles. The highest BCUT2D eigenvalue weighted by atomic mass is 16.4. The molecule has 0 spiro atoms. The largest absolute Gasteiger partial charge is 0.481 e. The Kier molecular flexibility index (Phi) is 29.6. The van der Waals surface area contributed by atoms with Gasteiger partial charge in [0, 0.05) is 25.8 Å². The Morgan fingerprint density at radius 3 is 1.56 bits per heavy atom. The number of benzene rings is 1. The zero-order valence-corrected chi connectivity index (χ0v) is 47.9. The van der Waals surface area contributed by atoms with Crippen molar-refractivity contribution in [2.75, 3.05) is 13.2 Å². The quantitative estimate of drug-likeness (QED) is 0.0342. The van der Waals surface area contributed by atoms with Gasteiger partial charge in [-0.2, -0.15) is 0 Å². The van der Waals surface area contributed by atoms with Gasteiger partial charge in [-0.1, -0.05) is 92.1 Å². The lowest BCUT2D eigenvalue weighted by atomic mass is 9.96. The molecule has 0 saturated carbocycles. The number of nitrogens with two attached hydrogens (primary N) is 2. The molecule has 1 saturated heterocycles. The third kappa shape index (κ3) is 23.8. The minimum atomic E-state index is -1.73. The first kappa shape index (κ1) is 70.4.